The zero-order valence-corrected chi connectivity index (χ0v) is 6.31. The molecule has 0 aromatic heterocycles. The fourth-order valence-electron chi connectivity index (χ4n) is 0.260. The van der Waals surface area contributed by atoms with Crippen LogP contribution >= 0.6 is 8.03 Å². The zero-order chi connectivity index (χ0) is 8.15. The van der Waals surface area contributed by atoms with Crippen molar-refractivity contribution in [2.75, 3.05) is 6.16 Å². The van der Waals surface area contributed by atoms with E-state index in [0.717, 1.165) is 0 Å². The first kappa shape index (κ1) is 9.98. The number of alkyl halides is 3. The molecule has 0 bridgehead atoms. The Labute approximate surface area is 57.2 Å². The molecule has 0 radical (unpaired) electrons. The highest BCUT2D eigenvalue weighted by atomic mass is 31.1. The monoisotopic (exact) mass is 176 g/mol. The van der Waals surface area contributed by atoms with E-state index in [1.807, 2.05) is 0 Å². The van der Waals surface area contributed by atoms with Crippen molar-refractivity contribution in [3.8, 4) is 0 Å². The molecule has 0 N–H and O–H groups in total. The van der Waals surface area contributed by atoms with Crippen LogP contribution in [0.5, 0.6) is 0 Å². The number of rotatable bonds is 4. The van der Waals surface area contributed by atoms with Crippen molar-refractivity contribution < 1.29 is 22.3 Å². The maximum atomic E-state index is 11.8. The molecule has 0 rings (SSSR count). The van der Waals surface area contributed by atoms with Gasteiger partial charge in [-0.1, -0.05) is 6.92 Å². The van der Waals surface area contributed by atoms with Crippen LogP contribution in [0, 0.1) is 0 Å². The Balaban J connectivity index is 3.57. The van der Waals surface area contributed by atoms with Crippen LogP contribution in [-0.4, -0.2) is 18.9 Å². The summed E-state index contributed by atoms with van der Waals surface area (Å²) in [4.78, 5) is 0. The fraction of sp³-hybridized carbons (Fsp3) is 1.00. The molecule has 0 amide bonds. The highest BCUT2D eigenvalue weighted by molar-refractivity contribution is 7.39. The third-order valence-electron chi connectivity index (χ3n) is 0.731. The summed E-state index contributed by atoms with van der Waals surface area (Å²) in [5, 5.41) is 0. The van der Waals surface area contributed by atoms with Gasteiger partial charge in [-0.3, -0.25) is 9.09 Å². The van der Waals surface area contributed by atoms with Crippen molar-refractivity contribution >= 4 is 8.03 Å². The molecule has 0 saturated heterocycles. The van der Waals surface area contributed by atoms with Gasteiger partial charge in [0.2, 0.25) is 0 Å². The van der Waals surface area contributed by atoms with E-state index in [4.69, 9.17) is 0 Å². The van der Waals surface area contributed by atoms with Crippen molar-refractivity contribution in [1.82, 2.24) is 0 Å². The Morgan fingerprint density at radius 2 is 2.00 bits per heavy atom. The average Bonchev–Trinajstić information content (AvgIpc) is 1.87. The highest BCUT2D eigenvalue weighted by Crippen LogP contribution is 2.26. The number of hydrogen-bond donors (Lipinski definition) is 0. The first-order valence-electron chi connectivity index (χ1n) is 2.69. The van der Waals surface area contributed by atoms with Gasteiger partial charge in [-0.15, -0.1) is 0 Å². The van der Waals surface area contributed by atoms with E-state index in [0.29, 0.717) is 0 Å². The third-order valence-corrected chi connectivity index (χ3v) is 1.80. The van der Waals surface area contributed by atoms with Gasteiger partial charge in [0.15, 0.2) is 8.03 Å². The van der Waals surface area contributed by atoms with Crippen LogP contribution < -0.4 is 0 Å². The van der Waals surface area contributed by atoms with Crippen molar-refractivity contribution in [2.24, 2.45) is 0 Å². The lowest BCUT2D eigenvalue weighted by Gasteiger charge is -2.05. The molecule has 0 heterocycles. The smallest absolute Gasteiger partial charge is 0.293 e. The van der Waals surface area contributed by atoms with Gasteiger partial charge in [0.05, 0.1) is 0 Å². The standard InChI is InChI=1S/C4H8F3O2P/c1-2-10(8)9-4(7)3(5)6/h3-4,10H,2H2,1H3. The van der Waals surface area contributed by atoms with Gasteiger partial charge in [0.25, 0.3) is 12.8 Å². The minimum Gasteiger partial charge on any atom is -0.296 e. The number of hydrogen-bond acceptors (Lipinski definition) is 2. The summed E-state index contributed by atoms with van der Waals surface area (Å²) < 4.78 is 48.5. The lowest BCUT2D eigenvalue weighted by molar-refractivity contribution is -0.0627. The molecule has 0 saturated carbocycles. The van der Waals surface area contributed by atoms with Gasteiger partial charge < -0.3 is 0 Å². The summed E-state index contributed by atoms with van der Waals surface area (Å²) in [6, 6.07) is 0. The Morgan fingerprint density at radius 3 is 2.30 bits per heavy atom. The van der Waals surface area contributed by atoms with Crippen LogP contribution in [0.2, 0.25) is 0 Å². The van der Waals surface area contributed by atoms with E-state index in [1.165, 1.54) is 6.92 Å². The van der Waals surface area contributed by atoms with E-state index in [2.05, 4.69) is 4.52 Å². The van der Waals surface area contributed by atoms with Gasteiger partial charge in [-0.2, -0.15) is 0 Å². The third kappa shape index (κ3) is 3.90. The first-order valence-corrected chi connectivity index (χ1v) is 4.22. The predicted octanol–water partition coefficient (Wildman–Crippen LogP) is 2.06. The quantitative estimate of drug-likeness (QED) is 0.612. The second-order valence-corrected chi connectivity index (χ2v) is 3.22. The van der Waals surface area contributed by atoms with Crippen LogP contribution in [0.1, 0.15) is 6.92 Å². The van der Waals surface area contributed by atoms with Crippen molar-refractivity contribution in [3.63, 3.8) is 0 Å². The second-order valence-electron chi connectivity index (χ2n) is 1.53. The maximum absolute atomic E-state index is 11.8. The van der Waals surface area contributed by atoms with E-state index < -0.39 is 20.8 Å². The number of halogens is 3. The van der Waals surface area contributed by atoms with Crippen molar-refractivity contribution in [1.29, 1.82) is 0 Å². The Morgan fingerprint density at radius 1 is 1.50 bits per heavy atom. The van der Waals surface area contributed by atoms with Gasteiger partial charge in [0, 0.05) is 6.16 Å². The Hall–Kier alpha value is -0.0200. The minimum absolute atomic E-state index is 0.0812. The molecule has 0 fully saturated rings. The second kappa shape index (κ2) is 4.74. The van der Waals surface area contributed by atoms with Gasteiger partial charge in [-0.25, -0.2) is 13.2 Å². The van der Waals surface area contributed by atoms with Gasteiger partial charge in [-0.05, 0) is 0 Å². The van der Waals surface area contributed by atoms with Gasteiger partial charge in [0.1, 0.15) is 0 Å². The summed E-state index contributed by atoms with van der Waals surface area (Å²) in [7, 11) is -2.58. The van der Waals surface area contributed by atoms with Crippen LogP contribution in [0.4, 0.5) is 13.2 Å². The molecule has 2 nitrogen and oxygen atoms in total. The van der Waals surface area contributed by atoms with Gasteiger partial charge >= 0.3 is 0 Å². The lowest BCUT2D eigenvalue weighted by atomic mass is 10.7. The Bertz CT molecular complexity index is 119. The van der Waals surface area contributed by atoms with Crippen LogP contribution in [0.25, 0.3) is 0 Å². The minimum atomic E-state index is -3.21. The molecule has 2 unspecified atom stereocenters. The summed E-state index contributed by atoms with van der Waals surface area (Å²) in [5.74, 6) is 0. The van der Waals surface area contributed by atoms with Crippen molar-refractivity contribution in [3.05, 3.63) is 0 Å². The largest absolute Gasteiger partial charge is 0.296 e. The summed E-state index contributed by atoms with van der Waals surface area (Å²) in [6.07, 6.45) is -5.83. The Kier molecular flexibility index (Phi) is 4.73. The summed E-state index contributed by atoms with van der Waals surface area (Å²) in [6.45, 7) is 1.47. The molecular formula is C4H8F3O2P. The molecule has 0 spiro atoms. The molecule has 0 aliphatic heterocycles. The molecule has 10 heavy (non-hydrogen) atoms. The molecule has 0 aliphatic rings. The fourth-order valence-corrected chi connectivity index (χ4v) is 0.781. The van der Waals surface area contributed by atoms with E-state index in [1.54, 1.807) is 0 Å². The zero-order valence-electron chi connectivity index (χ0n) is 5.31. The summed E-state index contributed by atoms with van der Waals surface area (Å²) in [5.41, 5.74) is 0. The van der Waals surface area contributed by atoms with Crippen molar-refractivity contribution in [2.45, 2.75) is 19.7 Å². The molecule has 62 valence electrons. The predicted molar refractivity (Wildman–Crippen MR) is 31.5 cm³/mol. The van der Waals surface area contributed by atoms with E-state index in [9.17, 15) is 17.7 Å². The summed E-state index contributed by atoms with van der Waals surface area (Å²) >= 11 is 0. The molecule has 0 aliphatic carbocycles. The molecular weight excluding hydrogens is 168 g/mol. The normalized spacial score (nSPS) is 17.3. The maximum Gasteiger partial charge on any atom is 0.293 e. The molecule has 6 heteroatoms. The van der Waals surface area contributed by atoms with Crippen LogP contribution in [0.15, 0.2) is 0 Å². The molecule has 0 aromatic rings. The van der Waals surface area contributed by atoms with E-state index >= 15 is 0 Å². The van der Waals surface area contributed by atoms with E-state index in [-0.39, 0.29) is 6.16 Å². The van der Waals surface area contributed by atoms with Crippen LogP contribution in [-0.2, 0) is 9.09 Å². The topological polar surface area (TPSA) is 26.3 Å². The van der Waals surface area contributed by atoms with Crippen LogP contribution in [0.3, 0.4) is 0 Å². The lowest BCUT2D eigenvalue weighted by Crippen LogP contribution is -2.12. The first-order chi connectivity index (χ1) is 4.57. The molecule has 2 atom stereocenters. The highest BCUT2D eigenvalue weighted by Gasteiger charge is 2.21. The SMILES string of the molecule is CC[PH](=O)OC(F)C(F)F. The average molecular weight is 176 g/mol. The molecule has 0 aromatic carbocycles.